The van der Waals surface area contributed by atoms with Crippen molar-refractivity contribution in [3.05, 3.63) is 35.9 Å². The Hall–Kier alpha value is -0.0600. The maximum atomic E-state index is 2.35. The van der Waals surface area contributed by atoms with Crippen LogP contribution in [0.15, 0.2) is 30.3 Å². The third kappa shape index (κ3) is 8.22. The van der Waals surface area contributed by atoms with E-state index in [0.717, 1.165) is 0 Å². The van der Waals surface area contributed by atoms with Crippen LogP contribution in [-0.2, 0) is 6.16 Å². The first-order valence-corrected chi connectivity index (χ1v) is 11.2. The summed E-state index contributed by atoms with van der Waals surface area (Å²) in [6.45, 7) is 7.03. The highest BCUT2D eigenvalue weighted by Gasteiger charge is 2.25. The molecule has 0 aliphatic carbocycles. The van der Waals surface area contributed by atoms with Gasteiger partial charge in [-0.2, -0.15) is 0 Å². The van der Waals surface area contributed by atoms with Crippen LogP contribution in [0.4, 0.5) is 0 Å². The van der Waals surface area contributed by atoms with Gasteiger partial charge in [-0.05, 0) is 49.5 Å². The van der Waals surface area contributed by atoms with Crippen LogP contribution in [0.1, 0.15) is 64.9 Å². The second-order valence-electron chi connectivity index (χ2n) is 6.22. The van der Waals surface area contributed by atoms with E-state index in [0.29, 0.717) is 0 Å². The van der Waals surface area contributed by atoms with Crippen molar-refractivity contribution in [2.45, 2.75) is 65.5 Å². The van der Waals surface area contributed by atoms with Crippen LogP contribution in [-0.4, -0.2) is 18.5 Å². The molecule has 1 radical (unpaired) electrons. The topological polar surface area (TPSA) is 0 Å². The molecule has 0 unspecified atom stereocenters. The maximum absolute atomic E-state index is 2.35. The van der Waals surface area contributed by atoms with Gasteiger partial charge < -0.3 is 0 Å². The molecule has 0 atom stereocenters. The number of benzene rings is 1. The highest BCUT2D eigenvalue weighted by atomic mass is 35.5. The van der Waals surface area contributed by atoms with Crippen molar-refractivity contribution in [2.75, 3.05) is 18.5 Å². The molecule has 21 heavy (non-hydrogen) atoms. The van der Waals surface area contributed by atoms with Crippen molar-refractivity contribution in [1.82, 2.24) is 0 Å². The first-order chi connectivity index (χ1) is 9.76. The molecule has 1 aromatic carbocycles. The van der Waals surface area contributed by atoms with Crippen LogP contribution in [0.5, 0.6) is 0 Å². The summed E-state index contributed by atoms with van der Waals surface area (Å²) in [5.74, 6) is 0. The molecule has 0 spiro atoms. The van der Waals surface area contributed by atoms with Crippen LogP contribution in [0, 0.1) is 0 Å². The lowest BCUT2D eigenvalue weighted by Gasteiger charge is -2.37. The van der Waals surface area contributed by atoms with Crippen LogP contribution in [0.3, 0.4) is 0 Å². The molecule has 0 nitrogen and oxygen atoms in total. The molecule has 1 aromatic rings. The summed E-state index contributed by atoms with van der Waals surface area (Å²) in [7, 11) is -0.768. The Morgan fingerprint density at radius 1 is 0.714 bits per heavy atom. The molecule has 0 saturated carbocycles. The van der Waals surface area contributed by atoms with E-state index in [2.05, 4.69) is 51.1 Å². The fourth-order valence-electron chi connectivity index (χ4n) is 3.02. The minimum atomic E-state index is -0.768. The van der Waals surface area contributed by atoms with E-state index in [1.807, 2.05) is 0 Å². The molecule has 0 amide bonds. The zero-order valence-corrected chi connectivity index (χ0v) is 16.0. The second-order valence-corrected chi connectivity index (χ2v) is 10.6. The molecule has 0 heterocycles. The lowest BCUT2D eigenvalue weighted by Crippen LogP contribution is -2.11. The summed E-state index contributed by atoms with van der Waals surface area (Å²) in [6, 6.07) is 11.3. The Balaban J connectivity index is 0.00000400. The van der Waals surface area contributed by atoms with Gasteiger partial charge in [0, 0.05) is 0 Å². The number of hydrogen-bond donors (Lipinski definition) is 0. The van der Waals surface area contributed by atoms with Crippen molar-refractivity contribution in [3.8, 4) is 0 Å². The summed E-state index contributed by atoms with van der Waals surface area (Å²) in [5, 5.41) is 0. The summed E-state index contributed by atoms with van der Waals surface area (Å²) >= 11 is 0. The largest absolute Gasteiger partial charge is 0.147 e. The lowest BCUT2D eigenvalue weighted by atomic mass is 10.2. The molecular weight excluding hydrogens is 295 g/mol. The zero-order valence-electron chi connectivity index (χ0n) is 14.3. The smallest absolute Gasteiger partial charge is 0.0106 e. The molecule has 0 saturated heterocycles. The standard InChI is InChI=1S/C19H34P.ClH/c1-4-7-15-20(16-8-5-2,17-9-6-3)18-19-13-11-10-12-14-19;/h10-14H,4-9,15-18H2,1-3H3;1H. The van der Waals surface area contributed by atoms with Crippen LogP contribution >= 0.6 is 19.7 Å². The van der Waals surface area contributed by atoms with Crippen molar-refractivity contribution in [1.29, 1.82) is 0 Å². The van der Waals surface area contributed by atoms with E-state index < -0.39 is 7.26 Å². The minimum Gasteiger partial charge on any atom is -0.147 e. The molecule has 0 fully saturated rings. The van der Waals surface area contributed by atoms with Crippen LogP contribution < -0.4 is 0 Å². The van der Waals surface area contributed by atoms with Gasteiger partial charge in [-0.1, -0.05) is 70.4 Å². The molecule has 0 N–H and O–H groups in total. The predicted octanol–water partition coefficient (Wildman–Crippen LogP) is 7.03. The molecule has 0 aliphatic rings. The van der Waals surface area contributed by atoms with E-state index in [1.54, 1.807) is 5.56 Å². The molecule has 123 valence electrons. The summed E-state index contributed by atoms with van der Waals surface area (Å²) in [4.78, 5) is 0. The average Bonchev–Trinajstić information content (AvgIpc) is 2.49. The SMILES string of the molecule is CCCC[P](CCCC)(CCCC)Cc1ccccc1.Cl. The van der Waals surface area contributed by atoms with Gasteiger partial charge in [-0.25, -0.2) is 0 Å². The molecule has 1 rings (SSSR count). The molecule has 0 aromatic heterocycles. The molecule has 2 heteroatoms. The predicted molar refractivity (Wildman–Crippen MR) is 104 cm³/mol. The second kappa shape index (κ2) is 12.5. The van der Waals surface area contributed by atoms with Crippen molar-refractivity contribution >= 4 is 19.7 Å². The monoisotopic (exact) mass is 329 g/mol. The molecule has 0 aliphatic heterocycles. The average molecular weight is 330 g/mol. The van der Waals surface area contributed by atoms with E-state index in [4.69, 9.17) is 0 Å². The van der Waals surface area contributed by atoms with Gasteiger partial charge in [0.05, 0.1) is 0 Å². The van der Waals surface area contributed by atoms with E-state index >= 15 is 0 Å². The minimum absolute atomic E-state index is 0. The quantitative estimate of drug-likeness (QED) is 0.382. The Morgan fingerprint density at radius 2 is 1.14 bits per heavy atom. The van der Waals surface area contributed by atoms with Crippen molar-refractivity contribution in [2.24, 2.45) is 0 Å². The highest BCUT2D eigenvalue weighted by Crippen LogP contribution is 2.63. The van der Waals surface area contributed by atoms with Gasteiger partial charge in [0.1, 0.15) is 0 Å². The Labute approximate surface area is 139 Å². The Bertz CT molecular complexity index is 315. The summed E-state index contributed by atoms with van der Waals surface area (Å²) in [5.41, 5.74) is 1.59. The van der Waals surface area contributed by atoms with Gasteiger partial charge >= 0.3 is 0 Å². The zero-order chi connectivity index (χ0) is 14.7. The number of unbranched alkanes of at least 4 members (excludes halogenated alkanes) is 3. The van der Waals surface area contributed by atoms with E-state index in [-0.39, 0.29) is 12.4 Å². The van der Waals surface area contributed by atoms with Gasteiger partial charge in [0.2, 0.25) is 0 Å². The number of rotatable bonds is 11. The van der Waals surface area contributed by atoms with Crippen molar-refractivity contribution in [3.63, 3.8) is 0 Å². The number of hydrogen-bond acceptors (Lipinski definition) is 0. The third-order valence-corrected chi connectivity index (χ3v) is 9.15. The number of halogens is 1. The summed E-state index contributed by atoms with van der Waals surface area (Å²) < 4.78 is 0. The normalized spacial score (nSPS) is 11.2. The first-order valence-electron chi connectivity index (χ1n) is 8.65. The Morgan fingerprint density at radius 3 is 1.52 bits per heavy atom. The van der Waals surface area contributed by atoms with E-state index in [1.165, 1.54) is 63.2 Å². The lowest BCUT2D eigenvalue weighted by molar-refractivity contribution is 0.832. The van der Waals surface area contributed by atoms with Crippen LogP contribution in [0.25, 0.3) is 0 Å². The first kappa shape index (κ1) is 20.9. The van der Waals surface area contributed by atoms with E-state index in [9.17, 15) is 0 Å². The van der Waals surface area contributed by atoms with Crippen LogP contribution in [0.2, 0.25) is 0 Å². The summed E-state index contributed by atoms with van der Waals surface area (Å²) in [6.07, 6.45) is 14.4. The van der Waals surface area contributed by atoms with Gasteiger partial charge in [0.15, 0.2) is 0 Å². The van der Waals surface area contributed by atoms with Gasteiger partial charge in [-0.3, -0.25) is 0 Å². The Kier molecular flexibility index (Phi) is 12.4. The van der Waals surface area contributed by atoms with Gasteiger partial charge in [-0.15, -0.1) is 19.7 Å². The highest BCUT2D eigenvalue weighted by molar-refractivity contribution is 7.75. The maximum Gasteiger partial charge on any atom is -0.0106 e. The van der Waals surface area contributed by atoms with Gasteiger partial charge in [0.25, 0.3) is 0 Å². The molecule has 0 bridgehead atoms. The fraction of sp³-hybridized carbons (Fsp3) is 0.684. The third-order valence-electron chi connectivity index (χ3n) is 4.32. The molecular formula is C19H35ClP. The van der Waals surface area contributed by atoms with Crippen molar-refractivity contribution < 1.29 is 0 Å². The fourth-order valence-corrected chi connectivity index (χ4v) is 8.12.